The Labute approximate surface area is 138 Å². The number of halogens is 2. The summed E-state index contributed by atoms with van der Waals surface area (Å²) >= 11 is 10.7. The number of hydrogen-bond donors (Lipinski definition) is 2. The van der Waals surface area contributed by atoms with Crippen LogP contribution in [0.15, 0.2) is 46.9 Å². The molecule has 0 atom stereocenters. The summed E-state index contributed by atoms with van der Waals surface area (Å²) in [5, 5.41) is 4.27. The van der Waals surface area contributed by atoms with Crippen LogP contribution in [0.5, 0.6) is 0 Å². The van der Waals surface area contributed by atoms with E-state index in [4.69, 9.17) is 17.3 Å². The lowest BCUT2D eigenvalue weighted by Crippen LogP contribution is -2.11. The molecule has 1 amide bonds. The van der Waals surface area contributed by atoms with Crippen LogP contribution in [-0.2, 0) is 0 Å². The van der Waals surface area contributed by atoms with E-state index >= 15 is 0 Å². The summed E-state index contributed by atoms with van der Waals surface area (Å²) in [4.78, 5) is 12.9. The standard InChI is InChI=1S/C15H10BrClN2OS/c16-8-4-5-11-12(6-8)21-14(13(11)18)15(20)19-10-3-1-2-9(17)7-10/h1-7H,18H2,(H,19,20). The SMILES string of the molecule is Nc1c(C(=O)Nc2cccc(Cl)c2)sc2cc(Br)ccc12. The number of fused-ring (bicyclic) bond motifs is 1. The van der Waals surface area contributed by atoms with E-state index in [1.807, 2.05) is 18.2 Å². The molecule has 0 unspecified atom stereocenters. The molecule has 6 heteroatoms. The highest BCUT2D eigenvalue weighted by atomic mass is 79.9. The third-order valence-corrected chi connectivity index (χ3v) is 4.87. The normalized spacial score (nSPS) is 10.8. The molecule has 0 aliphatic carbocycles. The highest BCUT2D eigenvalue weighted by Crippen LogP contribution is 2.35. The van der Waals surface area contributed by atoms with Crippen LogP contribution in [0.1, 0.15) is 9.67 Å². The van der Waals surface area contributed by atoms with Crippen LogP contribution in [-0.4, -0.2) is 5.91 Å². The van der Waals surface area contributed by atoms with E-state index in [0.29, 0.717) is 21.3 Å². The van der Waals surface area contributed by atoms with Gasteiger partial charge in [0.2, 0.25) is 0 Å². The molecule has 2 aromatic carbocycles. The molecule has 21 heavy (non-hydrogen) atoms. The lowest BCUT2D eigenvalue weighted by Gasteiger charge is -2.04. The first kappa shape index (κ1) is 14.4. The Kier molecular flexibility index (Phi) is 3.89. The average Bonchev–Trinajstić information content (AvgIpc) is 2.75. The Morgan fingerprint density at radius 3 is 2.81 bits per heavy atom. The van der Waals surface area contributed by atoms with E-state index in [0.717, 1.165) is 14.6 Å². The molecule has 0 saturated carbocycles. The van der Waals surface area contributed by atoms with Gasteiger partial charge in [0.15, 0.2) is 0 Å². The minimum Gasteiger partial charge on any atom is -0.397 e. The first-order valence-corrected chi connectivity index (χ1v) is 8.08. The largest absolute Gasteiger partial charge is 0.397 e. The predicted octanol–water partition coefficient (Wildman–Crippen LogP) is 5.15. The second-order valence-corrected chi connectivity index (χ2v) is 6.85. The fourth-order valence-corrected chi connectivity index (χ4v) is 3.77. The number of rotatable bonds is 2. The molecule has 3 N–H and O–H groups in total. The number of nitrogen functional groups attached to an aromatic ring is 1. The molecule has 1 heterocycles. The first-order valence-electron chi connectivity index (χ1n) is 6.09. The number of benzene rings is 2. The van der Waals surface area contributed by atoms with E-state index < -0.39 is 0 Å². The van der Waals surface area contributed by atoms with Crippen molar-refractivity contribution in [2.75, 3.05) is 11.1 Å². The molecule has 3 aromatic rings. The number of amides is 1. The van der Waals surface area contributed by atoms with Crippen molar-refractivity contribution in [3.63, 3.8) is 0 Å². The fraction of sp³-hybridized carbons (Fsp3) is 0. The van der Waals surface area contributed by atoms with Gasteiger partial charge in [-0.1, -0.05) is 39.7 Å². The van der Waals surface area contributed by atoms with Crippen LogP contribution >= 0.6 is 38.9 Å². The second kappa shape index (κ2) is 5.67. The zero-order chi connectivity index (χ0) is 15.0. The second-order valence-electron chi connectivity index (χ2n) is 4.45. The third-order valence-electron chi connectivity index (χ3n) is 2.98. The Morgan fingerprint density at radius 2 is 2.05 bits per heavy atom. The maximum Gasteiger partial charge on any atom is 0.267 e. The van der Waals surface area contributed by atoms with Crippen molar-refractivity contribution in [2.24, 2.45) is 0 Å². The van der Waals surface area contributed by atoms with Gasteiger partial charge in [-0.3, -0.25) is 4.79 Å². The molecule has 106 valence electrons. The van der Waals surface area contributed by atoms with Gasteiger partial charge < -0.3 is 11.1 Å². The Bertz CT molecular complexity index is 847. The van der Waals surface area contributed by atoms with Crippen molar-refractivity contribution < 1.29 is 4.79 Å². The van der Waals surface area contributed by atoms with Gasteiger partial charge in [0.1, 0.15) is 4.88 Å². The zero-order valence-electron chi connectivity index (χ0n) is 10.7. The molecule has 3 rings (SSSR count). The third kappa shape index (κ3) is 2.90. The molecule has 0 saturated heterocycles. The van der Waals surface area contributed by atoms with Crippen molar-refractivity contribution in [1.29, 1.82) is 0 Å². The fourth-order valence-electron chi connectivity index (χ4n) is 2.01. The van der Waals surface area contributed by atoms with Gasteiger partial charge in [-0.25, -0.2) is 0 Å². The number of carbonyl (C=O) groups is 1. The number of carbonyl (C=O) groups excluding carboxylic acids is 1. The Hall–Kier alpha value is -1.56. The molecule has 0 radical (unpaired) electrons. The van der Waals surface area contributed by atoms with Gasteiger partial charge in [-0.15, -0.1) is 11.3 Å². The maximum absolute atomic E-state index is 12.4. The summed E-state index contributed by atoms with van der Waals surface area (Å²) < 4.78 is 1.93. The van der Waals surface area contributed by atoms with Crippen LogP contribution in [0.2, 0.25) is 5.02 Å². The molecule has 1 aromatic heterocycles. The zero-order valence-corrected chi connectivity index (χ0v) is 13.8. The molecular formula is C15H10BrClN2OS. The van der Waals surface area contributed by atoms with E-state index in [2.05, 4.69) is 21.2 Å². The molecule has 3 nitrogen and oxygen atoms in total. The predicted molar refractivity (Wildman–Crippen MR) is 93.3 cm³/mol. The van der Waals surface area contributed by atoms with Crippen LogP contribution in [0.3, 0.4) is 0 Å². The van der Waals surface area contributed by atoms with Crippen molar-refractivity contribution in [2.45, 2.75) is 0 Å². The molecule has 0 spiro atoms. The summed E-state index contributed by atoms with van der Waals surface area (Å²) in [6.45, 7) is 0. The van der Waals surface area contributed by atoms with Gasteiger partial charge in [0.25, 0.3) is 5.91 Å². The molecule has 0 aliphatic rings. The van der Waals surface area contributed by atoms with Crippen molar-refractivity contribution >= 4 is 66.2 Å². The van der Waals surface area contributed by atoms with Crippen LogP contribution in [0.25, 0.3) is 10.1 Å². The van der Waals surface area contributed by atoms with Gasteiger partial charge in [-0.2, -0.15) is 0 Å². The van der Waals surface area contributed by atoms with E-state index in [1.54, 1.807) is 24.3 Å². The summed E-state index contributed by atoms with van der Waals surface area (Å²) in [5.41, 5.74) is 7.23. The van der Waals surface area contributed by atoms with Gasteiger partial charge in [0.05, 0.1) is 5.69 Å². The van der Waals surface area contributed by atoms with Gasteiger partial charge in [0, 0.05) is 25.3 Å². The maximum atomic E-state index is 12.4. The van der Waals surface area contributed by atoms with Crippen molar-refractivity contribution in [3.05, 3.63) is 56.8 Å². The molecule has 0 aliphatic heterocycles. The van der Waals surface area contributed by atoms with Crippen LogP contribution in [0, 0.1) is 0 Å². The summed E-state index contributed by atoms with van der Waals surface area (Å²) in [6.07, 6.45) is 0. The van der Waals surface area contributed by atoms with Crippen molar-refractivity contribution in [3.8, 4) is 0 Å². The van der Waals surface area contributed by atoms with E-state index in [9.17, 15) is 4.79 Å². The van der Waals surface area contributed by atoms with E-state index in [-0.39, 0.29) is 5.91 Å². The summed E-state index contributed by atoms with van der Waals surface area (Å²) in [5.74, 6) is -0.230. The van der Waals surface area contributed by atoms with Gasteiger partial charge in [-0.05, 0) is 30.3 Å². The van der Waals surface area contributed by atoms with Crippen LogP contribution in [0.4, 0.5) is 11.4 Å². The minimum atomic E-state index is -0.230. The minimum absolute atomic E-state index is 0.230. The number of nitrogens with two attached hydrogens (primary N) is 1. The van der Waals surface area contributed by atoms with Crippen LogP contribution < -0.4 is 11.1 Å². The number of hydrogen-bond acceptors (Lipinski definition) is 3. The lowest BCUT2D eigenvalue weighted by molar-refractivity contribution is 0.103. The quantitative estimate of drug-likeness (QED) is 0.645. The number of nitrogens with one attached hydrogen (secondary N) is 1. The first-order chi connectivity index (χ1) is 10.0. The highest BCUT2D eigenvalue weighted by molar-refractivity contribution is 9.10. The smallest absolute Gasteiger partial charge is 0.267 e. The molecule has 0 fully saturated rings. The molecule has 0 bridgehead atoms. The summed E-state index contributed by atoms with van der Waals surface area (Å²) in [7, 11) is 0. The molecular weight excluding hydrogens is 372 g/mol. The topological polar surface area (TPSA) is 55.1 Å². The van der Waals surface area contributed by atoms with E-state index in [1.165, 1.54) is 11.3 Å². The Morgan fingerprint density at radius 1 is 1.24 bits per heavy atom. The monoisotopic (exact) mass is 380 g/mol. The van der Waals surface area contributed by atoms with Crippen molar-refractivity contribution in [1.82, 2.24) is 0 Å². The average molecular weight is 382 g/mol. The van der Waals surface area contributed by atoms with Gasteiger partial charge >= 0.3 is 0 Å². The lowest BCUT2D eigenvalue weighted by atomic mass is 10.2. The highest BCUT2D eigenvalue weighted by Gasteiger charge is 2.16. The number of thiophene rings is 1. The summed E-state index contributed by atoms with van der Waals surface area (Å²) in [6, 6.07) is 12.8. The number of anilines is 2. The Balaban J connectivity index is 1.96.